The van der Waals surface area contributed by atoms with Gasteiger partial charge < -0.3 is 18.8 Å². The molecule has 3 heterocycles. The van der Waals surface area contributed by atoms with E-state index in [0.29, 0.717) is 30.4 Å². The quantitative estimate of drug-likeness (QED) is 0.706. The molecule has 2 atom stereocenters. The zero-order valence-corrected chi connectivity index (χ0v) is 19.4. The van der Waals surface area contributed by atoms with E-state index in [2.05, 4.69) is 25.8 Å². The van der Waals surface area contributed by atoms with Crippen LogP contribution < -0.4 is 9.64 Å². The van der Waals surface area contributed by atoms with E-state index in [4.69, 9.17) is 13.9 Å². The van der Waals surface area contributed by atoms with Crippen LogP contribution in [0.25, 0.3) is 0 Å². The molecule has 0 bridgehead atoms. The highest BCUT2D eigenvalue weighted by Gasteiger charge is 2.31. The van der Waals surface area contributed by atoms with Crippen molar-refractivity contribution in [3.8, 4) is 5.75 Å². The van der Waals surface area contributed by atoms with E-state index in [9.17, 15) is 9.59 Å². The number of oxazole rings is 1. The molecule has 172 valence electrons. The fourth-order valence-corrected chi connectivity index (χ4v) is 4.12. The van der Waals surface area contributed by atoms with Gasteiger partial charge in [-0.05, 0) is 43.4 Å². The number of ether oxygens (including phenoxy) is 2. The predicted molar refractivity (Wildman–Crippen MR) is 119 cm³/mol. The van der Waals surface area contributed by atoms with E-state index >= 15 is 0 Å². The Morgan fingerprint density at radius 3 is 2.62 bits per heavy atom. The molecule has 2 aromatic rings. The van der Waals surface area contributed by atoms with Crippen LogP contribution in [0.15, 0.2) is 28.9 Å². The first-order valence-corrected chi connectivity index (χ1v) is 11.1. The lowest BCUT2D eigenvalue weighted by atomic mass is 9.82. The second kappa shape index (κ2) is 8.58. The van der Waals surface area contributed by atoms with Gasteiger partial charge in [-0.25, -0.2) is 4.98 Å². The number of aromatic nitrogens is 1. The summed E-state index contributed by atoms with van der Waals surface area (Å²) in [4.78, 5) is 33.3. The van der Waals surface area contributed by atoms with Crippen LogP contribution in [0.4, 0.5) is 5.69 Å². The highest BCUT2D eigenvalue weighted by atomic mass is 16.5. The molecule has 8 nitrogen and oxygen atoms in total. The van der Waals surface area contributed by atoms with E-state index in [1.54, 1.807) is 9.80 Å². The summed E-state index contributed by atoms with van der Waals surface area (Å²) in [7, 11) is 0. The van der Waals surface area contributed by atoms with Crippen molar-refractivity contribution in [1.29, 1.82) is 0 Å². The summed E-state index contributed by atoms with van der Waals surface area (Å²) >= 11 is 0. The molecule has 0 spiro atoms. The van der Waals surface area contributed by atoms with Crippen molar-refractivity contribution in [3.05, 3.63) is 41.6 Å². The van der Waals surface area contributed by atoms with Crippen molar-refractivity contribution >= 4 is 17.5 Å². The molecule has 0 aliphatic carbocycles. The average Bonchev–Trinajstić information content (AvgIpc) is 3.22. The molecule has 8 heteroatoms. The summed E-state index contributed by atoms with van der Waals surface area (Å²) < 4.78 is 16.9. The molecule has 4 rings (SSSR count). The number of hydrogen-bond acceptors (Lipinski definition) is 6. The summed E-state index contributed by atoms with van der Waals surface area (Å²) in [5.41, 5.74) is 2.03. The van der Waals surface area contributed by atoms with Crippen LogP contribution in [0.1, 0.15) is 63.0 Å². The fraction of sp³-hybridized carbons (Fsp3) is 0.542. The standard InChI is InChI=1S/C24H31N3O5/c1-6-24(4,5)17-7-8-20-19(9-17)27(22(28)14-30-20)12-21-25-18(13-31-21)23(29)26-10-15(2)32-16(3)11-26/h7-9,13,15-16H,6,10-12,14H2,1-5H3. The number of carbonyl (C=O) groups excluding carboxylic acids is 2. The van der Waals surface area contributed by atoms with Gasteiger partial charge in [-0.15, -0.1) is 0 Å². The fourth-order valence-electron chi connectivity index (χ4n) is 4.12. The minimum atomic E-state index is -0.192. The van der Waals surface area contributed by atoms with Crippen molar-refractivity contribution in [3.63, 3.8) is 0 Å². The first kappa shape index (κ1) is 22.3. The molecule has 1 fully saturated rings. The Hall–Kier alpha value is -2.87. The lowest BCUT2D eigenvalue weighted by Crippen LogP contribution is -2.48. The third kappa shape index (κ3) is 4.37. The third-order valence-electron chi connectivity index (χ3n) is 6.34. The number of nitrogens with zero attached hydrogens (tertiary/aromatic N) is 3. The predicted octanol–water partition coefficient (Wildman–Crippen LogP) is 3.54. The third-order valence-corrected chi connectivity index (χ3v) is 6.34. The Morgan fingerprint density at radius 2 is 1.94 bits per heavy atom. The van der Waals surface area contributed by atoms with Gasteiger partial charge in [0.05, 0.1) is 17.9 Å². The molecule has 1 aromatic heterocycles. The lowest BCUT2D eigenvalue weighted by molar-refractivity contribution is -0.121. The normalized spacial score (nSPS) is 21.3. The number of anilines is 1. The first-order chi connectivity index (χ1) is 15.2. The molecule has 2 amide bonds. The van der Waals surface area contributed by atoms with Crippen LogP contribution in [0.3, 0.4) is 0 Å². The minimum absolute atomic E-state index is 0.0295. The van der Waals surface area contributed by atoms with Crippen LogP contribution in [-0.2, 0) is 21.5 Å². The van der Waals surface area contributed by atoms with Crippen LogP contribution in [-0.4, -0.2) is 53.6 Å². The monoisotopic (exact) mass is 441 g/mol. The molecule has 2 aliphatic heterocycles. The van der Waals surface area contributed by atoms with Gasteiger partial charge in [0, 0.05) is 13.1 Å². The van der Waals surface area contributed by atoms with Crippen molar-refractivity contribution in [2.75, 3.05) is 24.6 Å². The number of benzene rings is 1. The molecular weight excluding hydrogens is 410 g/mol. The van der Waals surface area contributed by atoms with Crippen LogP contribution in [0, 0.1) is 0 Å². The molecule has 1 aromatic carbocycles. The first-order valence-electron chi connectivity index (χ1n) is 11.1. The topological polar surface area (TPSA) is 85.1 Å². The molecule has 0 saturated carbocycles. The van der Waals surface area contributed by atoms with E-state index < -0.39 is 0 Å². The zero-order chi connectivity index (χ0) is 23.0. The van der Waals surface area contributed by atoms with Crippen molar-refractivity contribution in [2.24, 2.45) is 0 Å². The number of morpholine rings is 1. The van der Waals surface area contributed by atoms with E-state index in [0.717, 1.165) is 12.0 Å². The second-order valence-corrected chi connectivity index (χ2v) is 9.28. The summed E-state index contributed by atoms with van der Waals surface area (Å²) in [5.74, 6) is 0.594. The Morgan fingerprint density at radius 1 is 1.22 bits per heavy atom. The summed E-state index contributed by atoms with van der Waals surface area (Å²) in [6, 6.07) is 5.96. The van der Waals surface area contributed by atoms with Gasteiger partial charge in [0.2, 0.25) is 5.89 Å². The molecule has 1 saturated heterocycles. The number of amides is 2. The lowest BCUT2D eigenvalue weighted by Gasteiger charge is -2.34. The number of hydrogen-bond donors (Lipinski definition) is 0. The molecule has 0 radical (unpaired) electrons. The number of carbonyl (C=O) groups is 2. The number of fused-ring (bicyclic) bond motifs is 1. The average molecular weight is 442 g/mol. The van der Waals surface area contributed by atoms with Gasteiger partial charge in [-0.2, -0.15) is 0 Å². The van der Waals surface area contributed by atoms with Gasteiger partial charge in [0.1, 0.15) is 18.6 Å². The van der Waals surface area contributed by atoms with Crippen LogP contribution in [0.2, 0.25) is 0 Å². The van der Waals surface area contributed by atoms with Crippen molar-refractivity contribution in [2.45, 2.75) is 65.2 Å². The summed E-state index contributed by atoms with van der Waals surface area (Å²) in [6.07, 6.45) is 2.27. The Balaban J connectivity index is 1.55. The summed E-state index contributed by atoms with van der Waals surface area (Å²) in [6.45, 7) is 11.5. The molecule has 32 heavy (non-hydrogen) atoms. The highest BCUT2D eigenvalue weighted by molar-refractivity contribution is 5.98. The van der Waals surface area contributed by atoms with E-state index in [1.807, 2.05) is 32.0 Å². The minimum Gasteiger partial charge on any atom is -0.482 e. The van der Waals surface area contributed by atoms with Crippen LogP contribution in [0.5, 0.6) is 5.75 Å². The molecule has 2 unspecified atom stereocenters. The SMILES string of the molecule is CCC(C)(C)c1ccc2c(c1)N(Cc1nc(C(=O)N3CC(C)OC(C)C3)co1)C(=O)CO2. The van der Waals surface area contributed by atoms with Gasteiger partial charge in [0.25, 0.3) is 11.8 Å². The summed E-state index contributed by atoms with van der Waals surface area (Å²) in [5, 5.41) is 0. The van der Waals surface area contributed by atoms with Crippen molar-refractivity contribution < 1.29 is 23.5 Å². The molecular formula is C24H31N3O5. The van der Waals surface area contributed by atoms with E-state index in [-0.39, 0.29) is 48.3 Å². The maximum absolute atomic E-state index is 12.9. The van der Waals surface area contributed by atoms with E-state index in [1.165, 1.54) is 6.26 Å². The second-order valence-electron chi connectivity index (χ2n) is 9.28. The Bertz CT molecular complexity index is 1000. The van der Waals surface area contributed by atoms with Gasteiger partial charge >= 0.3 is 0 Å². The smallest absolute Gasteiger partial charge is 0.275 e. The maximum Gasteiger partial charge on any atom is 0.275 e. The molecule has 2 aliphatic rings. The van der Waals surface area contributed by atoms with Gasteiger partial charge in [0.15, 0.2) is 12.3 Å². The largest absolute Gasteiger partial charge is 0.482 e. The number of rotatable bonds is 5. The maximum atomic E-state index is 12.9. The highest BCUT2D eigenvalue weighted by Crippen LogP contribution is 2.38. The Kier molecular flexibility index (Phi) is 5.99. The van der Waals surface area contributed by atoms with Crippen molar-refractivity contribution in [1.82, 2.24) is 9.88 Å². The van der Waals surface area contributed by atoms with Crippen LogP contribution >= 0.6 is 0 Å². The van der Waals surface area contributed by atoms with Gasteiger partial charge in [-0.1, -0.05) is 26.8 Å². The molecule has 0 N–H and O–H groups in total. The van der Waals surface area contributed by atoms with Gasteiger partial charge in [-0.3, -0.25) is 14.5 Å². The zero-order valence-electron chi connectivity index (χ0n) is 19.4. The Labute approximate surface area is 188 Å².